The van der Waals surface area contributed by atoms with Crippen LogP contribution in [0.3, 0.4) is 0 Å². The molecule has 1 aromatic heterocycles. The Kier molecular flexibility index (Phi) is 4.57. The van der Waals surface area contributed by atoms with Crippen LogP contribution in [0, 0.1) is 0 Å². The van der Waals surface area contributed by atoms with Crippen LogP contribution in [0.1, 0.15) is 16.8 Å². The quantitative estimate of drug-likeness (QED) is 0.656. The van der Waals surface area contributed by atoms with Crippen LogP contribution < -0.4 is 0 Å². The predicted molar refractivity (Wildman–Crippen MR) is 114 cm³/mol. The topological polar surface area (TPSA) is 42.4 Å². The zero-order valence-corrected chi connectivity index (χ0v) is 16.5. The summed E-state index contributed by atoms with van der Waals surface area (Å²) in [6.45, 7) is 1.93. The summed E-state index contributed by atoms with van der Waals surface area (Å²) in [5.74, 6) is 2.16. The molecule has 1 spiro atoms. The van der Waals surface area contributed by atoms with Crippen molar-refractivity contribution >= 4 is 28.6 Å². The van der Waals surface area contributed by atoms with Crippen molar-refractivity contribution in [2.75, 3.05) is 31.2 Å². The van der Waals surface area contributed by atoms with Crippen LogP contribution in [0.2, 0.25) is 0 Å². The number of carbonyl (C=O) groups excluding carboxylic acids is 1. The third kappa shape index (κ3) is 3.19. The summed E-state index contributed by atoms with van der Waals surface area (Å²) < 4.78 is 6.10. The van der Waals surface area contributed by atoms with Gasteiger partial charge in [0, 0.05) is 23.2 Å². The fraction of sp³-hybridized carbons (Fsp3) is 0.304. The van der Waals surface area contributed by atoms with Crippen molar-refractivity contribution in [2.45, 2.75) is 12.0 Å². The van der Waals surface area contributed by atoms with E-state index < -0.39 is 0 Å². The van der Waals surface area contributed by atoms with Gasteiger partial charge in [-0.25, -0.2) is 4.98 Å². The van der Waals surface area contributed by atoms with Gasteiger partial charge in [-0.2, -0.15) is 11.8 Å². The largest absolute Gasteiger partial charge is 0.370 e. The van der Waals surface area contributed by atoms with E-state index in [-0.39, 0.29) is 11.5 Å². The van der Waals surface area contributed by atoms with Gasteiger partial charge < -0.3 is 9.64 Å². The number of aromatic nitrogens is 1. The highest BCUT2D eigenvalue weighted by atomic mass is 32.2. The van der Waals surface area contributed by atoms with Gasteiger partial charge >= 0.3 is 0 Å². The molecule has 0 aliphatic carbocycles. The molecule has 1 unspecified atom stereocenters. The summed E-state index contributed by atoms with van der Waals surface area (Å²) in [4.78, 5) is 20.4. The van der Waals surface area contributed by atoms with Crippen LogP contribution >= 0.6 is 11.8 Å². The Morgan fingerprint density at radius 1 is 1.11 bits per heavy atom. The fourth-order valence-electron chi connectivity index (χ4n) is 4.12. The first kappa shape index (κ1) is 17.7. The number of amides is 1. The number of para-hydroxylation sites is 1. The van der Waals surface area contributed by atoms with Crippen molar-refractivity contribution < 1.29 is 9.53 Å². The van der Waals surface area contributed by atoms with Gasteiger partial charge in [-0.15, -0.1) is 0 Å². The molecule has 0 bridgehead atoms. The maximum Gasteiger partial charge on any atom is 0.254 e. The smallest absolute Gasteiger partial charge is 0.254 e. The molecule has 2 saturated heterocycles. The number of pyridine rings is 1. The summed E-state index contributed by atoms with van der Waals surface area (Å²) in [5, 5.41) is 0.911. The number of nitrogens with zero attached hydrogens (tertiary/aromatic N) is 2. The minimum Gasteiger partial charge on any atom is -0.370 e. The van der Waals surface area contributed by atoms with Crippen LogP contribution in [0.4, 0.5) is 0 Å². The number of hydrogen-bond acceptors (Lipinski definition) is 4. The molecule has 3 heterocycles. The first-order chi connectivity index (χ1) is 13.7. The second-order valence-electron chi connectivity index (χ2n) is 7.50. The van der Waals surface area contributed by atoms with Crippen LogP contribution in [-0.2, 0) is 4.74 Å². The zero-order valence-electron chi connectivity index (χ0n) is 15.6. The van der Waals surface area contributed by atoms with E-state index in [9.17, 15) is 4.79 Å². The monoisotopic (exact) mass is 390 g/mol. The summed E-state index contributed by atoms with van der Waals surface area (Å²) >= 11 is 1.92. The third-order valence-corrected chi connectivity index (χ3v) is 6.84. The number of carbonyl (C=O) groups is 1. The fourth-order valence-corrected chi connectivity index (χ4v) is 5.48. The number of fused-ring (bicyclic) bond motifs is 1. The van der Waals surface area contributed by atoms with E-state index in [0.29, 0.717) is 19.7 Å². The highest BCUT2D eigenvalue weighted by Crippen LogP contribution is 2.35. The molecule has 2 fully saturated rings. The van der Waals surface area contributed by atoms with Crippen molar-refractivity contribution in [1.82, 2.24) is 9.88 Å². The van der Waals surface area contributed by atoms with Gasteiger partial charge in [0.05, 0.1) is 35.5 Å². The maximum absolute atomic E-state index is 13.6. The molecule has 28 heavy (non-hydrogen) atoms. The molecule has 2 aliphatic rings. The van der Waals surface area contributed by atoms with E-state index in [1.807, 2.05) is 77.3 Å². The van der Waals surface area contributed by atoms with Crippen molar-refractivity contribution in [3.63, 3.8) is 0 Å². The van der Waals surface area contributed by atoms with Crippen LogP contribution in [0.15, 0.2) is 60.7 Å². The Bertz CT molecular complexity index is 1020. The molecule has 1 atom stereocenters. The molecular weight excluding hydrogens is 368 g/mol. The van der Waals surface area contributed by atoms with E-state index in [4.69, 9.17) is 9.72 Å². The molecule has 2 aliphatic heterocycles. The van der Waals surface area contributed by atoms with Crippen LogP contribution in [-0.4, -0.2) is 52.6 Å². The van der Waals surface area contributed by atoms with E-state index in [0.717, 1.165) is 45.7 Å². The molecule has 142 valence electrons. The summed E-state index contributed by atoms with van der Waals surface area (Å²) in [6.07, 6.45) is 1.02. The molecule has 4 nitrogen and oxygen atoms in total. The molecule has 1 amide bonds. The molecule has 0 N–H and O–H groups in total. The lowest BCUT2D eigenvalue weighted by Gasteiger charge is -2.40. The van der Waals surface area contributed by atoms with E-state index in [2.05, 4.69) is 0 Å². The summed E-state index contributed by atoms with van der Waals surface area (Å²) in [5.41, 5.74) is 3.28. The minimum absolute atomic E-state index is 0.0790. The van der Waals surface area contributed by atoms with Crippen molar-refractivity contribution in [1.29, 1.82) is 0 Å². The average Bonchev–Trinajstić information content (AvgIpc) is 3.20. The van der Waals surface area contributed by atoms with Gasteiger partial charge in [0.2, 0.25) is 0 Å². The molecule has 5 heteroatoms. The van der Waals surface area contributed by atoms with Crippen molar-refractivity contribution in [3.05, 3.63) is 66.2 Å². The second-order valence-corrected chi connectivity index (χ2v) is 8.60. The Labute approximate surface area is 168 Å². The molecule has 3 aromatic rings. The molecule has 5 rings (SSSR count). The minimum atomic E-state index is -0.163. The summed E-state index contributed by atoms with van der Waals surface area (Å²) in [7, 11) is 0. The summed E-state index contributed by atoms with van der Waals surface area (Å²) in [6, 6.07) is 19.9. The van der Waals surface area contributed by atoms with E-state index >= 15 is 0 Å². The SMILES string of the molecule is O=C(c1cc(-c2ccccc2)nc2ccccc12)N1CCOC2(CCSC2)C1. The normalized spacial score (nSPS) is 22.1. The second kappa shape index (κ2) is 7.22. The lowest BCUT2D eigenvalue weighted by Crippen LogP contribution is -2.53. The van der Waals surface area contributed by atoms with Gasteiger partial charge in [-0.05, 0) is 24.3 Å². The van der Waals surface area contributed by atoms with E-state index in [1.165, 1.54) is 0 Å². The third-order valence-electron chi connectivity index (χ3n) is 5.62. The predicted octanol–water partition coefficient (Wildman–Crippen LogP) is 4.25. The van der Waals surface area contributed by atoms with Gasteiger partial charge in [0.25, 0.3) is 5.91 Å². The first-order valence-corrected chi connectivity index (χ1v) is 10.9. The lowest BCUT2D eigenvalue weighted by atomic mass is 9.99. The zero-order chi connectivity index (χ0) is 19.0. The molecular formula is C23H22N2O2S. The van der Waals surface area contributed by atoms with Crippen LogP contribution in [0.25, 0.3) is 22.2 Å². The molecule has 2 aromatic carbocycles. The van der Waals surface area contributed by atoms with Gasteiger partial charge in [0.15, 0.2) is 0 Å². The number of benzene rings is 2. The number of ether oxygens (including phenoxy) is 1. The molecule has 0 radical (unpaired) electrons. The Balaban J connectivity index is 1.56. The van der Waals surface area contributed by atoms with E-state index in [1.54, 1.807) is 0 Å². The van der Waals surface area contributed by atoms with Crippen LogP contribution in [0.5, 0.6) is 0 Å². The highest BCUT2D eigenvalue weighted by Gasteiger charge is 2.41. The molecule has 0 saturated carbocycles. The first-order valence-electron chi connectivity index (χ1n) is 9.70. The van der Waals surface area contributed by atoms with Gasteiger partial charge in [-0.1, -0.05) is 48.5 Å². The van der Waals surface area contributed by atoms with Crippen molar-refractivity contribution in [3.8, 4) is 11.3 Å². The Hall–Kier alpha value is -2.37. The number of hydrogen-bond donors (Lipinski definition) is 0. The maximum atomic E-state index is 13.6. The number of morpholine rings is 1. The number of thioether (sulfide) groups is 1. The Morgan fingerprint density at radius 2 is 1.93 bits per heavy atom. The standard InChI is InChI=1S/C23H22N2O2S/c26-22(25-11-12-27-23(15-25)10-13-28-16-23)19-14-21(17-6-2-1-3-7-17)24-20-9-5-4-8-18(19)20/h1-9,14H,10-13,15-16H2. The number of rotatable bonds is 2. The highest BCUT2D eigenvalue weighted by molar-refractivity contribution is 7.99. The average molecular weight is 391 g/mol. The van der Waals surface area contributed by atoms with Crippen molar-refractivity contribution in [2.24, 2.45) is 0 Å². The Morgan fingerprint density at radius 3 is 2.75 bits per heavy atom. The van der Waals surface area contributed by atoms with Gasteiger partial charge in [-0.3, -0.25) is 4.79 Å². The lowest BCUT2D eigenvalue weighted by molar-refractivity contribution is -0.0827. The van der Waals surface area contributed by atoms with Gasteiger partial charge in [0.1, 0.15) is 0 Å².